The van der Waals surface area contributed by atoms with Crippen molar-refractivity contribution in [1.82, 2.24) is 0 Å². The van der Waals surface area contributed by atoms with Crippen molar-refractivity contribution in [3.63, 3.8) is 0 Å². The summed E-state index contributed by atoms with van der Waals surface area (Å²) >= 11 is 0. The number of hydrogen-bond acceptors (Lipinski definition) is 12. The van der Waals surface area contributed by atoms with Gasteiger partial charge in [-0.1, -0.05) is 0 Å². The number of nitrogens with one attached hydrogen (secondary N) is 1. The fourth-order valence-corrected chi connectivity index (χ4v) is 2.66. The molecule has 14 heteroatoms. The molecule has 0 aromatic heterocycles. The first-order chi connectivity index (χ1) is 17.6. The van der Waals surface area contributed by atoms with E-state index >= 15 is 0 Å². The van der Waals surface area contributed by atoms with E-state index in [0.29, 0.717) is 92.4 Å². The summed E-state index contributed by atoms with van der Waals surface area (Å²) in [6.45, 7) is 8.94. The lowest BCUT2D eigenvalue weighted by Gasteiger charge is -2.09. The number of benzene rings is 1. The lowest BCUT2D eigenvalue weighted by molar-refractivity contribution is -0.393. The molecule has 206 valence electrons. The van der Waals surface area contributed by atoms with Crippen LogP contribution in [0.5, 0.6) is 0 Å². The number of hydrogen-bond donors (Lipinski definition) is 1. The summed E-state index contributed by atoms with van der Waals surface area (Å²) < 4.78 is 37.5. The summed E-state index contributed by atoms with van der Waals surface area (Å²) in [6.07, 6.45) is 0. The van der Waals surface area contributed by atoms with Crippen LogP contribution in [0.2, 0.25) is 0 Å². The van der Waals surface area contributed by atoms with Crippen molar-refractivity contribution >= 4 is 17.1 Å². The summed E-state index contributed by atoms with van der Waals surface area (Å²) in [7, 11) is 0. The number of rotatable bonds is 25. The molecule has 1 rings (SSSR count). The van der Waals surface area contributed by atoms with E-state index in [4.69, 9.17) is 33.2 Å². The molecule has 1 N–H and O–H groups in total. The first-order valence-electron chi connectivity index (χ1n) is 11.8. The third kappa shape index (κ3) is 16.3. The van der Waals surface area contributed by atoms with Crippen LogP contribution in [0.4, 0.5) is 17.1 Å². The normalized spacial score (nSPS) is 11.0. The number of anilines is 1. The molecule has 14 nitrogen and oxygen atoms in total. The molecule has 0 unspecified atom stereocenters. The minimum Gasteiger partial charge on any atom is -0.379 e. The summed E-state index contributed by atoms with van der Waals surface area (Å²) in [5.74, 6) is 0. The third-order valence-corrected chi connectivity index (χ3v) is 4.39. The van der Waals surface area contributed by atoms with Gasteiger partial charge in [0.15, 0.2) is 0 Å². The molecule has 0 saturated carbocycles. The van der Waals surface area contributed by atoms with Crippen LogP contribution in [0.25, 0.3) is 0 Å². The van der Waals surface area contributed by atoms with Crippen LogP contribution in [0, 0.1) is 20.2 Å². The van der Waals surface area contributed by atoms with E-state index in [9.17, 15) is 20.2 Å². The average molecular weight is 520 g/mol. The fourth-order valence-electron chi connectivity index (χ4n) is 2.66. The van der Waals surface area contributed by atoms with Crippen molar-refractivity contribution in [3.05, 3.63) is 38.4 Å². The van der Waals surface area contributed by atoms with Crippen LogP contribution < -0.4 is 5.32 Å². The van der Waals surface area contributed by atoms with Crippen molar-refractivity contribution in [2.45, 2.75) is 6.92 Å². The Hall–Kier alpha value is -2.46. The van der Waals surface area contributed by atoms with Crippen LogP contribution in [0.1, 0.15) is 6.92 Å². The van der Waals surface area contributed by atoms with Crippen LogP contribution in [0.3, 0.4) is 0 Å². The van der Waals surface area contributed by atoms with Crippen LogP contribution in [-0.4, -0.2) is 109 Å². The number of nitro benzene ring substituents is 2. The predicted molar refractivity (Wildman–Crippen MR) is 130 cm³/mol. The van der Waals surface area contributed by atoms with E-state index in [-0.39, 0.29) is 23.7 Å². The maximum atomic E-state index is 11.1. The quantitative estimate of drug-likeness (QED) is 0.114. The Balaban J connectivity index is 1.86. The molecule has 0 radical (unpaired) electrons. The Kier molecular flexibility index (Phi) is 19.1. The fraction of sp³-hybridized carbons (Fsp3) is 0.727. The van der Waals surface area contributed by atoms with Gasteiger partial charge >= 0.3 is 0 Å². The SMILES string of the molecule is CCOCCOCCOCCOCCOCCOCCOCCNc1ccc([N+](=O)[O-])cc1[N+](=O)[O-]. The van der Waals surface area contributed by atoms with Crippen molar-refractivity contribution in [3.8, 4) is 0 Å². The zero-order valence-corrected chi connectivity index (χ0v) is 20.7. The molecule has 0 amide bonds. The Labute approximate surface area is 210 Å². The summed E-state index contributed by atoms with van der Waals surface area (Å²) in [5.41, 5.74) is -0.507. The Morgan fingerprint density at radius 2 is 1.06 bits per heavy atom. The maximum Gasteiger partial charge on any atom is 0.299 e. The van der Waals surface area contributed by atoms with Gasteiger partial charge in [0, 0.05) is 19.2 Å². The predicted octanol–water partition coefficient (Wildman–Crippen LogP) is 2.05. The molecule has 0 saturated heterocycles. The van der Waals surface area contributed by atoms with Crippen LogP contribution >= 0.6 is 0 Å². The molecule has 0 aliphatic heterocycles. The number of ether oxygens (including phenoxy) is 7. The molecule has 0 aliphatic rings. The molecule has 0 heterocycles. The van der Waals surface area contributed by atoms with Crippen LogP contribution in [-0.2, 0) is 33.2 Å². The zero-order chi connectivity index (χ0) is 26.3. The van der Waals surface area contributed by atoms with Gasteiger partial charge in [-0.3, -0.25) is 20.2 Å². The largest absolute Gasteiger partial charge is 0.379 e. The molecule has 1 aromatic carbocycles. The number of non-ortho nitro benzene ring substituents is 1. The van der Waals surface area contributed by atoms with Crippen LogP contribution in [0.15, 0.2) is 18.2 Å². The van der Waals surface area contributed by atoms with Gasteiger partial charge in [0.25, 0.3) is 11.4 Å². The molecule has 0 atom stereocenters. The molecule has 1 aromatic rings. The second-order valence-electron chi connectivity index (χ2n) is 7.01. The van der Waals surface area contributed by atoms with Crippen molar-refractivity contribution < 1.29 is 43.0 Å². The highest BCUT2D eigenvalue weighted by atomic mass is 16.6. The smallest absolute Gasteiger partial charge is 0.299 e. The Morgan fingerprint density at radius 1 is 0.639 bits per heavy atom. The van der Waals surface area contributed by atoms with E-state index in [1.807, 2.05) is 6.92 Å². The molecule has 0 fully saturated rings. The van der Waals surface area contributed by atoms with E-state index in [0.717, 1.165) is 6.07 Å². The molecule has 0 bridgehead atoms. The third-order valence-electron chi connectivity index (χ3n) is 4.39. The monoisotopic (exact) mass is 519 g/mol. The highest BCUT2D eigenvalue weighted by molar-refractivity contribution is 5.65. The van der Waals surface area contributed by atoms with Gasteiger partial charge < -0.3 is 38.5 Å². The lowest BCUT2D eigenvalue weighted by Crippen LogP contribution is -2.15. The topological polar surface area (TPSA) is 163 Å². The number of nitro groups is 2. The van der Waals surface area contributed by atoms with E-state index in [1.54, 1.807) is 0 Å². The van der Waals surface area contributed by atoms with E-state index in [1.165, 1.54) is 12.1 Å². The average Bonchev–Trinajstić information content (AvgIpc) is 2.87. The molecule has 0 spiro atoms. The second kappa shape index (κ2) is 21.8. The van der Waals surface area contributed by atoms with Gasteiger partial charge in [0.1, 0.15) is 5.69 Å². The van der Waals surface area contributed by atoms with Gasteiger partial charge in [-0.15, -0.1) is 0 Å². The highest BCUT2D eigenvalue weighted by Gasteiger charge is 2.18. The lowest BCUT2D eigenvalue weighted by atomic mass is 10.2. The minimum absolute atomic E-state index is 0.192. The standard InChI is InChI=1S/C22H37N3O11/c1-2-30-7-8-32-11-12-34-15-16-36-18-17-35-14-13-33-10-9-31-6-5-23-21-4-3-20(24(26)27)19-22(21)25(28)29/h3-4,19,23H,2,5-18H2,1H3. The Bertz CT molecular complexity index is 724. The van der Waals surface area contributed by atoms with Gasteiger partial charge in [0.05, 0.1) is 102 Å². The Morgan fingerprint density at radius 3 is 1.44 bits per heavy atom. The van der Waals surface area contributed by atoms with Gasteiger partial charge in [-0.25, -0.2) is 0 Å². The molecular formula is C22H37N3O11. The molecular weight excluding hydrogens is 482 g/mol. The molecule has 36 heavy (non-hydrogen) atoms. The number of nitrogens with zero attached hydrogens (tertiary/aromatic N) is 2. The van der Waals surface area contributed by atoms with Gasteiger partial charge in [-0.05, 0) is 13.0 Å². The van der Waals surface area contributed by atoms with Crippen molar-refractivity contribution in [2.24, 2.45) is 0 Å². The molecule has 0 aliphatic carbocycles. The zero-order valence-electron chi connectivity index (χ0n) is 20.7. The second-order valence-corrected chi connectivity index (χ2v) is 7.01. The van der Waals surface area contributed by atoms with Gasteiger partial charge in [0.2, 0.25) is 0 Å². The van der Waals surface area contributed by atoms with E-state index < -0.39 is 9.85 Å². The first kappa shape index (κ1) is 31.6. The first-order valence-corrected chi connectivity index (χ1v) is 11.8. The van der Waals surface area contributed by atoms with Gasteiger partial charge in [-0.2, -0.15) is 0 Å². The van der Waals surface area contributed by atoms with E-state index in [2.05, 4.69) is 5.32 Å². The summed E-state index contributed by atoms with van der Waals surface area (Å²) in [6, 6.07) is 3.43. The minimum atomic E-state index is -0.679. The maximum absolute atomic E-state index is 11.1. The van der Waals surface area contributed by atoms with Crippen molar-refractivity contribution in [2.75, 3.05) is 104 Å². The summed E-state index contributed by atoms with van der Waals surface area (Å²) in [5, 5.41) is 24.7. The van der Waals surface area contributed by atoms with Crippen molar-refractivity contribution in [1.29, 1.82) is 0 Å². The highest BCUT2D eigenvalue weighted by Crippen LogP contribution is 2.28. The summed E-state index contributed by atoms with van der Waals surface area (Å²) in [4.78, 5) is 20.5.